The summed E-state index contributed by atoms with van der Waals surface area (Å²) in [6, 6.07) is 11.6. The van der Waals surface area contributed by atoms with E-state index in [-0.39, 0.29) is 11.5 Å². The minimum absolute atomic E-state index is 0.0590. The number of aromatic nitrogens is 2. The van der Waals surface area contributed by atoms with Gasteiger partial charge in [-0.15, -0.1) is 0 Å². The van der Waals surface area contributed by atoms with Gasteiger partial charge in [-0.05, 0) is 55.5 Å². The van der Waals surface area contributed by atoms with E-state index in [0.29, 0.717) is 11.5 Å². The predicted octanol–water partition coefficient (Wildman–Crippen LogP) is 3.15. The molecule has 0 spiro atoms. The molecule has 0 radical (unpaired) electrons. The number of piperidine rings is 1. The van der Waals surface area contributed by atoms with Crippen molar-refractivity contribution in [3.63, 3.8) is 0 Å². The molecule has 2 heterocycles. The van der Waals surface area contributed by atoms with Crippen LogP contribution in [0.15, 0.2) is 41.5 Å². The Morgan fingerprint density at radius 3 is 2.50 bits per heavy atom. The number of benzene rings is 1. The van der Waals surface area contributed by atoms with Gasteiger partial charge in [0.1, 0.15) is 0 Å². The molecule has 0 amide bonds. The highest BCUT2D eigenvalue weighted by atomic mass is 16.1. The van der Waals surface area contributed by atoms with E-state index in [1.807, 2.05) is 24.3 Å². The van der Waals surface area contributed by atoms with Crippen molar-refractivity contribution >= 4 is 0 Å². The third-order valence-electron chi connectivity index (χ3n) is 5.14. The van der Waals surface area contributed by atoms with Gasteiger partial charge in [-0.1, -0.05) is 26.0 Å². The summed E-state index contributed by atoms with van der Waals surface area (Å²) in [6.07, 6.45) is 3.89. The molecule has 1 aliphatic heterocycles. The molecule has 3 rings (SSSR count). The number of hydrogen-bond donors (Lipinski definition) is 0. The van der Waals surface area contributed by atoms with E-state index in [4.69, 9.17) is 5.26 Å². The van der Waals surface area contributed by atoms with Crippen molar-refractivity contribution in [2.24, 2.45) is 5.92 Å². The average Bonchev–Trinajstić information content (AvgIpc) is 2.65. The summed E-state index contributed by atoms with van der Waals surface area (Å²) in [4.78, 5) is 19.1. The standard InChI is InChI=1S/C21H26N4O/c1-16(2)20-11-21(26)25(15-23-20)14-19-7-9-24(10-8-19)13-18-5-3-17(12-22)4-6-18/h3-6,11,15-16,19H,7-10,13-14H2,1-2H3. The quantitative estimate of drug-likeness (QED) is 0.831. The topological polar surface area (TPSA) is 61.9 Å². The first-order valence-electron chi connectivity index (χ1n) is 9.33. The van der Waals surface area contributed by atoms with Crippen LogP contribution < -0.4 is 5.56 Å². The monoisotopic (exact) mass is 350 g/mol. The second-order valence-corrected chi connectivity index (χ2v) is 7.49. The zero-order valence-corrected chi connectivity index (χ0v) is 15.6. The highest BCUT2D eigenvalue weighted by Crippen LogP contribution is 2.20. The van der Waals surface area contributed by atoms with Gasteiger partial charge in [0.2, 0.25) is 0 Å². The van der Waals surface area contributed by atoms with Crippen LogP contribution in [0.2, 0.25) is 0 Å². The van der Waals surface area contributed by atoms with Gasteiger partial charge in [-0.2, -0.15) is 5.26 Å². The lowest BCUT2D eigenvalue weighted by Crippen LogP contribution is -2.36. The zero-order valence-electron chi connectivity index (χ0n) is 15.6. The van der Waals surface area contributed by atoms with Crippen LogP contribution in [0.3, 0.4) is 0 Å². The predicted molar refractivity (Wildman–Crippen MR) is 102 cm³/mol. The van der Waals surface area contributed by atoms with Gasteiger partial charge in [0.25, 0.3) is 5.56 Å². The van der Waals surface area contributed by atoms with Crippen LogP contribution in [0.1, 0.15) is 49.4 Å². The van der Waals surface area contributed by atoms with Gasteiger partial charge in [-0.25, -0.2) is 4.98 Å². The van der Waals surface area contributed by atoms with Gasteiger partial charge in [-0.3, -0.25) is 14.3 Å². The largest absolute Gasteiger partial charge is 0.299 e. The molecule has 2 aromatic rings. The summed E-state index contributed by atoms with van der Waals surface area (Å²) in [6.45, 7) is 7.86. The Morgan fingerprint density at radius 1 is 1.23 bits per heavy atom. The van der Waals surface area contributed by atoms with E-state index in [2.05, 4.69) is 29.8 Å². The van der Waals surface area contributed by atoms with Gasteiger partial charge in [0.15, 0.2) is 0 Å². The Labute approximate surface area is 154 Å². The molecule has 1 fully saturated rings. The Balaban J connectivity index is 1.52. The molecular weight excluding hydrogens is 324 g/mol. The third-order valence-corrected chi connectivity index (χ3v) is 5.14. The Morgan fingerprint density at radius 2 is 1.92 bits per heavy atom. The zero-order chi connectivity index (χ0) is 18.5. The van der Waals surface area contributed by atoms with Crippen LogP contribution in [-0.2, 0) is 13.1 Å². The lowest BCUT2D eigenvalue weighted by molar-refractivity contribution is 0.166. The summed E-state index contributed by atoms with van der Waals surface area (Å²) in [5.41, 5.74) is 2.87. The fourth-order valence-electron chi connectivity index (χ4n) is 3.44. The van der Waals surface area contributed by atoms with E-state index >= 15 is 0 Å². The van der Waals surface area contributed by atoms with Crippen LogP contribution in [0.5, 0.6) is 0 Å². The second-order valence-electron chi connectivity index (χ2n) is 7.49. The van der Waals surface area contributed by atoms with Crippen molar-refractivity contribution in [2.45, 2.75) is 45.7 Å². The first-order chi connectivity index (χ1) is 12.5. The Hall–Kier alpha value is -2.45. The highest BCUT2D eigenvalue weighted by Gasteiger charge is 2.20. The lowest BCUT2D eigenvalue weighted by Gasteiger charge is -2.32. The molecule has 0 N–H and O–H groups in total. The van der Waals surface area contributed by atoms with Gasteiger partial charge >= 0.3 is 0 Å². The fraction of sp³-hybridized carbons (Fsp3) is 0.476. The number of nitrogens with zero attached hydrogens (tertiary/aromatic N) is 4. The number of nitriles is 1. The molecule has 0 aliphatic carbocycles. The highest BCUT2D eigenvalue weighted by molar-refractivity contribution is 5.31. The maximum absolute atomic E-state index is 12.3. The molecular formula is C21H26N4O. The van der Waals surface area contributed by atoms with Crippen LogP contribution in [0, 0.1) is 17.2 Å². The minimum Gasteiger partial charge on any atom is -0.299 e. The molecule has 1 aromatic carbocycles. The first-order valence-corrected chi connectivity index (χ1v) is 9.33. The SMILES string of the molecule is CC(C)c1cc(=O)n(CC2CCN(Cc3ccc(C#N)cc3)CC2)cn1. The molecule has 5 heteroatoms. The molecule has 0 atom stereocenters. The lowest BCUT2D eigenvalue weighted by atomic mass is 9.96. The molecule has 5 nitrogen and oxygen atoms in total. The molecule has 1 aromatic heterocycles. The fourth-order valence-corrected chi connectivity index (χ4v) is 3.44. The van der Waals surface area contributed by atoms with Crippen molar-refractivity contribution in [1.29, 1.82) is 5.26 Å². The van der Waals surface area contributed by atoms with E-state index in [0.717, 1.165) is 44.7 Å². The van der Waals surface area contributed by atoms with Crippen molar-refractivity contribution in [3.8, 4) is 6.07 Å². The summed E-state index contributed by atoms with van der Waals surface area (Å²) < 4.78 is 1.76. The van der Waals surface area contributed by atoms with Crippen LogP contribution in [0.4, 0.5) is 0 Å². The van der Waals surface area contributed by atoms with Crippen LogP contribution in [0.25, 0.3) is 0 Å². The van der Waals surface area contributed by atoms with Gasteiger partial charge in [0.05, 0.1) is 23.7 Å². The van der Waals surface area contributed by atoms with E-state index in [1.165, 1.54) is 5.56 Å². The first kappa shape index (κ1) is 18.3. The summed E-state index contributed by atoms with van der Waals surface area (Å²) >= 11 is 0. The average molecular weight is 350 g/mol. The van der Waals surface area contributed by atoms with Crippen LogP contribution in [-0.4, -0.2) is 27.5 Å². The maximum atomic E-state index is 12.3. The molecule has 136 valence electrons. The number of likely N-dealkylation sites (tertiary alicyclic amines) is 1. The van der Waals surface area contributed by atoms with Gasteiger partial charge < -0.3 is 0 Å². The molecule has 0 bridgehead atoms. The summed E-state index contributed by atoms with van der Waals surface area (Å²) in [7, 11) is 0. The van der Waals surface area contributed by atoms with Crippen molar-refractivity contribution in [1.82, 2.24) is 14.5 Å². The van der Waals surface area contributed by atoms with Crippen molar-refractivity contribution in [2.75, 3.05) is 13.1 Å². The normalized spacial score (nSPS) is 15.9. The minimum atomic E-state index is 0.0590. The number of hydrogen-bond acceptors (Lipinski definition) is 4. The smallest absolute Gasteiger partial charge is 0.253 e. The van der Waals surface area contributed by atoms with E-state index < -0.39 is 0 Å². The van der Waals surface area contributed by atoms with Crippen molar-refractivity contribution in [3.05, 3.63) is 63.8 Å². The van der Waals surface area contributed by atoms with E-state index in [1.54, 1.807) is 17.0 Å². The second kappa shape index (κ2) is 8.29. The van der Waals surface area contributed by atoms with Crippen LogP contribution >= 0.6 is 0 Å². The van der Waals surface area contributed by atoms with E-state index in [9.17, 15) is 4.79 Å². The summed E-state index contributed by atoms with van der Waals surface area (Å²) in [5, 5.41) is 8.87. The molecule has 0 unspecified atom stereocenters. The molecule has 1 aliphatic rings. The van der Waals surface area contributed by atoms with Gasteiger partial charge in [0, 0.05) is 19.2 Å². The summed E-state index contributed by atoms with van der Waals surface area (Å²) in [5.74, 6) is 0.805. The van der Waals surface area contributed by atoms with Crippen molar-refractivity contribution < 1.29 is 0 Å². The molecule has 1 saturated heterocycles. The Kier molecular flexibility index (Phi) is 5.85. The molecule has 0 saturated carbocycles. The Bertz CT molecular complexity index is 824. The third kappa shape index (κ3) is 4.59. The molecule has 26 heavy (non-hydrogen) atoms. The maximum Gasteiger partial charge on any atom is 0.253 e. The number of rotatable bonds is 5.